The van der Waals surface area contributed by atoms with Crippen LogP contribution in [0.4, 0.5) is 11.4 Å². The maximum atomic E-state index is 6.17. The molecular weight excluding hydrogens is 588 g/mol. The van der Waals surface area contributed by atoms with Crippen LogP contribution in [0.3, 0.4) is 0 Å². The normalized spacial score (nSPS) is 19.5. The SMILES string of the molecule is CCCCCCCC[C@H]1CC[C@H](C2CCC(c3ccc(Oc4ccc(N)cc4)cc3)(c3ccc(Oc4ccc(N)cc4)cc3)CC2)CC1. The molecule has 0 amide bonds. The van der Waals surface area contributed by atoms with E-state index in [1.165, 1.54) is 107 Å². The third-order valence-corrected chi connectivity index (χ3v) is 11.5. The fourth-order valence-electron chi connectivity index (χ4n) is 8.54. The summed E-state index contributed by atoms with van der Waals surface area (Å²) in [6.45, 7) is 2.30. The average molecular weight is 645 g/mol. The highest BCUT2D eigenvalue weighted by atomic mass is 16.5. The number of nitrogen functional groups attached to an aromatic ring is 2. The quantitative estimate of drug-likeness (QED) is 0.106. The number of ether oxygens (including phenoxy) is 2. The molecule has 2 saturated carbocycles. The monoisotopic (exact) mass is 644 g/mol. The van der Waals surface area contributed by atoms with E-state index in [4.69, 9.17) is 20.9 Å². The second-order valence-corrected chi connectivity index (χ2v) is 14.6. The number of nitrogens with two attached hydrogens (primary N) is 2. The summed E-state index contributed by atoms with van der Waals surface area (Å²) >= 11 is 0. The van der Waals surface area contributed by atoms with Crippen molar-refractivity contribution in [1.29, 1.82) is 0 Å². The Kier molecular flexibility index (Phi) is 11.6. The largest absolute Gasteiger partial charge is 0.457 e. The summed E-state index contributed by atoms with van der Waals surface area (Å²) in [6, 6.07) is 32.9. The second-order valence-electron chi connectivity index (χ2n) is 14.6. The highest BCUT2D eigenvalue weighted by Gasteiger charge is 2.41. The van der Waals surface area contributed by atoms with E-state index in [0.717, 1.165) is 52.1 Å². The molecule has 0 aromatic heterocycles. The van der Waals surface area contributed by atoms with Crippen molar-refractivity contribution in [3.05, 3.63) is 108 Å². The van der Waals surface area contributed by atoms with E-state index in [0.29, 0.717) is 0 Å². The zero-order valence-corrected chi connectivity index (χ0v) is 29.0. The summed E-state index contributed by atoms with van der Waals surface area (Å²) in [7, 11) is 0. The van der Waals surface area contributed by atoms with Crippen LogP contribution >= 0.6 is 0 Å². The number of rotatable bonds is 14. The van der Waals surface area contributed by atoms with Crippen LogP contribution in [0.25, 0.3) is 0 Å². The first-order chi connectivity index (χ1) is 23.5. The van der Waals surface area contributed by atoms with Gasteiger partial charge in [-0.3, -0.25) is 0 Å². The van der Waals surface area contributed by atoms with Gasteiger partial charge in [-0.2, -0.15) is 0 Å². The summed E-state index contributed by atoms with van der Waals surface area (Å²) in [5.74, 6) is 5.99. The minimum absolute atomic E-state index is 0.0229. The average Bonchev–Trinajstić information content (AvgIpc) is 3.13. The van der Waals surface area contributed by atoms with Gasteiger partial charge in [-0.1, -0.05) is 89.0 Å². The third-order valence-electron chi connectivity index (χ3n) is 11.5. The Morgan fingerprint density at radius 1 is 0.500 bits per heavy atom. The summed E-state index contributed by atoms with van der Waals surface area (Å²) < 4.78 is 12.3. The van der Waals surface area contributed by atoms with Crippen LogP contribution < -0.4 is 20.9 Å². The minimum Gasteiger partial charge on any atom is -0.457 e. The van der Waals surface area contributed by atoms with Gasteiger partial charge in [0.1, 0.15) is 23.0 Å². The topological polar surface area (TPSA) is 70.5 Å². The van der Waals surface area contributed by atoms with Crippen molar-refractivity contribution in [2.45, 2.75) is 109 Å². The predicted octanol–water partition coefficient (Wildman–Crippen LogP) is 12.5. The van der Waals surface area contributed by atoms with Gasteiger partial charge in [0, 0.05) is 16.8 Å². The van der Waals surface area contributed by atoms with Crippen molar-refractivity contribution < 1.29 is 9.47 Å². The lowest BCUT2D eigenvalue weighted by molar-refractivity contribution is 0.140. The second kappa shape index (κ2) is 16.5. The summed E-state index contributed by atoms with van der Waals surface area (Å²) in [4.78, 5) is 0. The van der Waals surface area contributed by atoms with Gasteiger partial charge in [0.25, 0.3) is 0 Å². The Balaban J connectivity index is 1.12. The molecule has 2 aliphatic carbocycles. The Labute approximate surface area is 289 Å². The van der Waals surface area contributed by atoms with Gasteiger partial charge in [0.2, 0.25) is 0 Å². The molecule has 0 unspecified atom stereocenters. The van der Waals surface area contributed by atoms with Gasteiger partial charge in [0.15, 0.2) is 0 Å². The van der Waals surface area contributed by atoms with Crippen molar-refractivity contribution >= 4 is 11.4 Å². The molecule has 0 atom stereocenters. The lowest BCUT2D eigenvalue weighted by Gasteiger charge is -2.44. The maximum absolute atomic E-state index is 6.17. The molecule has 4 aromatic rings. The van der Waals surface area contributed by atoms with Gasteiger partial charge in [-0.25, -0.2) is 0 Å². The van der Waals surface area contributed by atoms with E-state index >= 15 is 0 Å². The van der Waals surface area contributed by atoms with Crippen LogP contribution in [-0.2, 0) is 5.41 Å². The summed E-state index contributed by atoms with van der Waals surface area (Å²) in [5.41, 5.74) is 16.0. The molecule has 2 fully saturated rings. The number of anilines is 2. The molecule has 4 N–H and O–H groups in total. The van der Waals surface area contributed by atoms with Crippen LogP contribution in [-0.4, -0.2) is 0 Å². The molecule has 48 heavy (non-hydrogen) atoms. The van der Waals surface area contributed by atoms with Gasteiger partial charge in [0.05, 0.1) is 0 Å². The molecule has 2 aliphatic rings. The number of hydrogen-bond acceptors (Lipinski definition) is 4. The Morgan fingerprint density at radius 3 is 1.35 bits per heavy atom. The smallest absolute Gasteiger partial charge is 0.127 e. The molecule has 0 heterocycles. The van der Waals surface area contributed by atoms with E-state index in [1.54, 1.807) is 0 Å². The maximum Gasteiger partial charge on any atom is 0.127 e. The standard InChI is InChI=1S/C44H56N2O2/c1-2-3-4-5-6-7-8-33-9-11-34(12-10-33)35-29-31-44(32-30-35,36-13-21-40(22-14-36)47-42-25-17-38(45)18-26-42)37-15-23-41(24-16-37)48-43-27-19-39(46)20-28-43/h13-28,33-35H,2-12,29-32,45-46H2,1H3/t33-,34-. The third kappa shape index (κ3) is 8.75. The molecule has 0 spiro atoms. The van der Waals surface area contributed by atoms with E-state index in [1.807, 2.05) is 48.5 Å². The molecule has 0 radical (unpaired) electrons. The lowest BCUT2D eigenvalue weighted by atomic mass is 9.60. The van der Waals surface area contributed by atoms with Gasteiger partial charge >= 0.3 is 0 Å². The van der Waals surface area contributed by atoms with Gasteiger partial charge in [-0.05, 0) is 140 Å². The first-order valence-electron chi connectivity index (χ1n) is 18.8. The molecule has 0 saturated heterocycles. The van der Waals surface area contributed by atoms with Crippen molar-refractivity contribution in [3.63, 3.8) is 0 Å². The van der Waals surface area contributed by atoms with Crippen molar-refractivity contribution in [3.8, 4) is 23.0 Å². The van der Waals surface area contributed by atoms with Crippen molar-refractivity contribution in [2.24, 2.45) is 17.8 Å². The summed E-state index contributed by atoms with van der Waals surface area (Å²) in [6.07, 6.45) is 20.6. The molecule has 0 aliphatic heterocycles. The van der Waals surface area contributed by atoms with E-state index < -0.39 is 0 Å². The van der Waals surface area contributed by atoms with Crippen LogP contribution in [0.15, 0.2) is 97.1 Å². The number of hydrogen-bond donors (Lipinski definition) is 2. The van der Waals surface area contributed by atoms with Crippen molar-refractivity contribution in [1.82, 2.24) is 0 Å². The molecule has 6 rings (SSSR count). The zero-order chi connectivity index (χ0) is 33.2. The fourth-order valence-corrected chi connectivity index (χ4v) is 8.54. The Bertz CT molecular complexity index is 1420. The summed E-state index contributed by atoms with van der Waals surface area (Å²) in [5, 5.41) is 0. The highest BCUT2D eigenvalue weighted by molar-refractivity contribution is 5.47. The van der Waals surface area contributed by atoms with Crippen LogP contribution in [0.1, 0.15) is 114 Å². The number of benzene rings is 4. The Morgan fingerprint density at radius 2 is 0.896 bits per heavy atom. The minimum atomic E-state index is -0.0229. The molecule has 4 aromatic carbocycles. The number of unbranched alkanes of at least 4 members (excludes halogenated alkanes) is 5. The predicted molar refractivity (Wildman–Crippen MR) is 201 cm³/mol. The van der Waals surface area contributed by atoms with Crippen LogP contribution in [0.2, 0.25) is 0 Å². The lowest BCUT2D eigenvalue weighted by Crippen LogP contribution is -2.35. The fraction of sp³-hybridized carbons (Fsp3) is 0.455. The molecular formula is C44H56N2O2. The highest BCUT2D eigenvalue weighted by Crippen LogP contribution is 2.51. The Hall–Kier alpha value is -3.92. The van der Waals surface area contributed by atoms with E-state index in [-0.39, 0.29) is 5.41 Å². The van der Waals surface area contributed by atoms with Crippen LogP contribution in [0.5, 0.6) is 23.0 Å². The van der Waals surface area contributed by atoms with E-state index in [9.17, 15) is 0 Å². The first kappa shape index (κ1) is 34.0. The molecule has 254 valence electrons. The van der Waals surface area contributed by atoms with Crippen LogP contribution in [0, 0.1) is 17.8 Å². The van der Waals surface area contributed by atoms with Gasteiger partial charge < -0.3 is 20.9 Å². The molecule has 4 nitrogen and oxygen atoms in total. The molecule has 0 bridgehead atoms. The zero-order valence-electron chi connectivity index (χ0n) is 29.0. The van der Waals surface area contributed by atoms with E-state index in [2.05, 4.69) is 55.5 Å². The van der Waals surface area contributed by atoms with Gasteiger partial charge in [-0.15, -0.1) is 0 Å². The molecule has 4 heteroatoms. The van der Waals surface area contributed by atoms with Crippen molar-refractivity contribution in [2.75, 3.05) is 11.5 Å². The first-order valence-corrected chi connectivity index (χ1v) is 18.8.